The zero-order chi connectivity index (χ0) is 26.5. The summed E-state index contributed by atoms with van der Waals surface area (Å²) < 4.78 is 32.2. The summed E-state index contributed by atoms with van der Waals surface area (Å²) in [7, 11) is 2.86. The summed E-state index contributed by atoms with van der Waals surface area (Å²) >= 11 is 3.37. The normalized spacial score (nSPS) is 11.1. The second-order valence-corrected chi connectivity index (χ2v) is 8.67. The minimum atomic E-state index is -0.565. The highest BCUT2D eigenvalue weighted by Gasteiger charge is 2.16. The van der Waals surface area contributed by atoms with Crippen molar-refractivity contribution in [1.82, 2.24) is 9.66 Å². The lowest BCUT2D eigenvalue weighted by Crippen LogP contribution is -2.21. The number of aromatic nitrogens is 2. The smallest absolute Gasteiger partial charge is 0.282 e. The monoisotopic (exact) mass is 568 g/mol. The van der Waals surface area contributed by atoms with Crippen molar-refractivity contribution in [3.63, 3.8) is 0 Å². The molecule has 9 nitrogen and oxygen atoms in total. The Morgan fingerprint density at radius 2 is 1.84 bits per heavy atom. The number of nitrogens with zero attached hydrogens (tertiary/aromatic N) is 3. The zero-order valence-corrected chi connectivity index (χ0v) is 21.7. The molecule has 37 heavy (non-hydrogen) atoms. The molecule has 11 heteroatoms. The molecule has 0 fully saturated rings. The first-order chi connectivity index (χ1) is 17.8. The number of aryl methyl sites for hydroxylation is 1. The van der Waals surface area contributed by atoms with Crippen LogP contribution < -0.4 is 25.1 Å². The number of anilines is 1. The van der Waals surface area contributed by atoms with E-state index in [1.807, 2.05) is 6.07 Å². The van der Waals surface area contributed by atoms with Crippen molar-refractivity contribution in [3.8, 4) is 17.2 Å². The molecular formula is C26H22BrFN4O5. The van der Waals surface area contributed by atoms with Crippen LogP contribution >= 0.6 is 15.9 Å². The molecule has 0 saturated heterocycles. The highest BCUT2D eigenvalue weighted by molar-refractivity contribution is 9.10. The fourth-order valence-electron chi connectivity index (χ4n) is 3.52. The Kier molecular flexibility index (Phi) is 7.83. The van der Waals surface area contributed by atoms with E-state index in [1.54, 1.807) is 37.3 Å². The van der Waals surface area contributed by atoms with Crippen molar-refractivity contribution in [2.75, 3.05) is 26.1 Å². The summed E-state index contributed by atoms with van der Waals surface area (Å²) in [6, 6.07) is 14.3. The van der Waals surface area contributed by atoms with E-state index >= 15 is 0 Å². The molecule has 0 atom stereocenters. The summed E-state index contributed by atoms with van der Waals surface area (Å²) in [6.45, 7) is 1.27. The van der Waals surface area contributed by atoms with Gasteiger partial charge in [-0.15, -0.1) is 0 Å². The van der Waals surface area contributed by atoms with Crippen LogP contribution in [0.1, 0.15) is 11.4 Å². The zero-order valence-electron chi connectivity index (χ0n) is 20.1. The minimum Gasteiger partial charge on any atom is -0.493 e. The van der Waals surface area contributed by atoms with E-state index in [-0.39, 0.29) is 28.5 Å². The van der Waals surface area contributed by atoms with E-state index in [9.17, 15) is 14.0 Å². The van der Waals surface area contributed by atoms with Crippen molar-refractivity contribution in [2.45, 2.75) is 6.92 Å². The number of hydrogen-bond acceptors (Lipinski definition) is 7. The lowest BCUT2D eigenvalue weighted by molar-refractivity contribution is -0.118. The molecule has 0 bridgehead atoms. The van der Waals surface area contributed by atoms with Crippen LogP contribution in [0.2, 0.25) is 0 Å². The molecule has 3 aromatic carbocycles. The fraction of sp³-hybridized carbons (Fsp3) is 0.154. The highest BCUT2D eigenvalue weighted by atomic mass is 79.9. The lowest BCUT2D eigenvalue weighted by atomic mass is 10.2. The number of fused-ring (bicyclic) bond motifs is 1. The van der Waals surface area contributed by atoms with Gasteiger partial charge in [0.1, 0.15) is 11.6 Å². The first-order valence-corrected chi connectivity index (χ1v) is 11.8. The lowest BCUT2D eigenvalue weighted by Gasteiger charge is -2.15. The van der Waals surface area contributed by atoms with Crippen molar-refractivity contribution in [3.05, 3.63) is 86.6 Å². The summed E-state index contributed by atoms with van der Waals surface area (Å²) in [5, 5.41) is 7.18. The van der Waals surface area contributed by atoms with E-state index in [2.05, 4.69) is 31.3 Å². The van der Waals surface area contributed by atoms with E-state index in [4.69, 9.17) is 14.2 Å². The standard InChI is InChI=1S/C26H22BrFN4O5/c1-15-30-20-9-8-17(27)12-18(20)26(34)32(15)29-13-16-10-22(35-2)25(23(11-16)36-3)37-14-24(33)31-21-7-5-4-6-19(21)28/h4-13H,14H2,1-3H3,(H,31,33). The second kappa shape index (κ2) is 11.2. The van der Waals surface area contributed by atoms with Gasteiger partial charge in [-0.3, -0.25) is 9.59 Å². The molecule has 0 aliphatic rings. The number of ether oxygens (including phenoxy) is 3. The van der Waals surface area contributed by atoms with Gasteiger partial charge in [0.25, 0.3) is 11.5 Å². The van der Waals surface area contributed by atoms with E-state index in [0.717, 1.165) is 4.47 Å². The molecule has 0 saturated carbocycles. The topological polar surface area (TPSA) is 104 Å². The SMILES string of the molecule is COc1cc(C=Nn2c(C)nc3ccc(Br)cc3c2=O)cc(OC)c1OCC(=O)Nc1ccccc1F. The number of carbonyl (C=O) groups is 1. The maximum atomic E-state index is 13.8. The van der Waals surface area contributed by atoms with Gasteiger partial charge in [-0.2, -0.15) is 9.78 Å². The highest BCUT2D eigenvalue weighted by Crippen LogP contribution is 2.38. The molecule has 0 radical (unpaired) electrons. The molecule has 1 N–H and O–H groups in total. The largest absolute Gasteiger partial charge is 0.493 e. The summed E-state index contributed by atoms with van der Waals surface area (Å²) in [5.74, 6) is 0.00357. The molecule has 4 aromatic rings. The fourth-order valence-corrected chi connectivity index (χ4v) is 3.88. The molecule has 0 spiro atoms. The molecule has 1 amide bonds. The Labute approximate surface area is 219 Å². The van der Waals surface area contributed by atoms with Crippen LogP contribution in [0.15, 0.2) is 69.0 Å². The van der Waals surface area contributed by atoms with Gasteiger partial charge in [-0.25, -0.2) is 9.37 Å². The number of carbonyl (C=O) groups excluding carboxylic acids is 1. The van der Waals surface area contributed by atoms with Crippen molar-refractivity contribution in [1.29, 1.82) is 0 Å². The Bertz CT molecular complexity index is 1550. The quantitative estimate of drug-likeness (QED) is 0.313. The second-order valence-electron chi connectivity index (χ2n) is 7.75. The van der Waals surface area contributed by atoms with E-state index < -0.39 is 18.3 Å². The van der Waals surface area contributed by atoms with Crippen LogP contribution in [0.3, 0.4) is 0 Å². The van der Waals surface area contributed by atoms with Crippen molar-refractivity contribution in [2.24, 2.45) is 5.10 Å². The van der Waals surface area contributed by atoms with Gasteiger partial charge in [0.15, 0.2) is 18.1 Å². The molecule has 4 rings (SSSR count). The molecule has 0 aliphatic carbocycles. The number of nitrogens with one attached hydrogen (secondary N) is 1. The van der Waals surface area contributed by atoms with Gasteiger partial charge in [0.05, 0.1) is 37.0 Å². The van der Waals surface area contributed by atoms with Crippen LogP contribution in [-0.4, -0.2) is 42.6 Å². The van der Waals surface area contributed by atoms with Crippen LogP contribution in [0.5, 0.6) is 17.2 Å². The summed E-state index contributed by atoms with van der Waals surface area (Å²) in [6.07, 6.45) is 1.46. The van der Waals surface area contributed by atoms with Crippen LogP contribution in [0.25, 0.3) is 10.9 Å². The maximum Gasteiger partial charge on any atom is 0.282 e. The third-order valence-electron chi connectivity index (χ3n) is 5.27. The molecule has 0 unspecified atom stereocenters. The predicted octanol–water partition coefficient (Wildman–Crippen LogP) is 4.52. The molecule has 1 aromatic heterocycles. The molecule has 190 valence electrons. The van der Waals surface area contributed by atoms with Gasteiger partial charge < -0.3 is 19.5 Å². The first kappa shape index (κ1) is 25.8. The number of para-hydroxylation sites is 1. The van der Waals surface area contributed by atoms with Crippen LogP contribution in [0.4, 0.5) is 10.1 Å². The Morgan fingerprint density at radius 3 is 2.51 bits per heavy atom. The van der Waals surface area contributed by atoms with Gasteiger partial charge in [0, 0.05) is 10.0 Å². The predicted molar refractivity (Wildman–Crippen MR) is 142 cm³/mol. The third kappa shape index (κ3) is 5.78. The minimum absolute atomic E-state index is 0.0441. The first-order valence-electron chi connectivity index (χ1n) is 11.0. The Morgan fingerprint density at radius 1 is 1.14 bits per heavy atom. The average Bonchev–Trinajstić information content (AvgIpc) is 2.89. The van der Waals surface area contributed by atoms with Crippen molar-refractivity contribution < 1.29 is 23.4 Å². The van der Waals surface area contributed by atoms with Gasteiger partial charge in [0.2, 0.25) is 5.75 Å². The number of rotatable bonds is 8. The molecule has 0 aliphatic heterocycles. The van der Waals surface area contributed by atoms with Crippen molar-refractivity contribution >= 4 is 44.6 Å². The number of methoxy groups -OCH3 is 2. The van der Waals surface area contributed by atoms with E-state index in [1.165, 1.54) is 43.3 Å². The molecule has 1 heterocycles. The number of halogens is 2. The maximum absolute atomic E-state index is 13.8. The van der Waals surface area contributed by atoms with Crippen LogP contribution in [-0.2, 0) is 4.79 Å². The summed E-state index contributed by atoms with van der Waals surface area (Å²) in [5.41, 5.74) is 0.834. The van der Waals surface area contributed by atoms with Crippen LogP contribution in [0, 0.1) is 12.7 Å². The molecular weight excluding hydrogens is 547 g/mol. The Hall–Kier alpha value is -4.25. The number of benzene rings is 3. The average molecular weight is 569 g/mol. The number of hydrogen-bond donors (Lipinski definition) is 1. The number of amides is 1. The Balaban J connectivity index is 1.58. The van der Waals surface area contributed by atoms with E-state index in [0.29, 0.717) is 22.3 Å². The third-order valence-corrected chi connectivity index (χ3v) is 5.76. The van der Waals surface area contributed by atoms with Gasteiger partial charge in [-0.05, 0) is 49.4 Å². The summed E-state index contributed by atoms with van der Waals surface area (Å²) in [4.78, 5) is 29.7. The van der Waals surface area contributed by atoms with Gasteiger partial charge in [-0.1, -0.05) is 28.1 Å². The van der Waals surface area contributed by atoms with Gasteiger partial charge >= 0.3 is 0 Å².